The van der Waals surface area contributed by atoms with E-state index in [0.29, 0.717) is 6.54 Å². The van der Waals surface area contributed by atoms with Gasteiger partial charge in [-0.25, -0.2) is 0 Å². The molecule has 1 aromatic rings. The predicted molar refractivity (Wildman–Crippen MR) is 72.8 cm³/mol. The van der Waals surface area contributed by atoms with Crippen LogP contribution in [0.4, 0.5) is 0 Å². The van der Waals surface area contributed by atoms with Gasteiger partial charge in [0.25, 0.3) is 0 Å². The van der Waals surface area contributed by atoms with Crippen molar-refractivity contribution in [3.05, 3.63) is 35.4 Å². The lowest BCUT2D eigenvalue weighted by atomic mass is 10.0. The van der Waals surface area contributed by atoms with Crippen LogP contribution >= 0.6 is 0 Å². The van der Waals surface area contributed by atoms with Crippen molar-refractivity contribution in [2.45, 2.75) is 26.2 Å². The van der Waals surface area contributed by atoms with Crippen molar-refractivity contribution < 1.29 is 4.79 Å². The van der Waals surface area contributed by atoms with Gasteiger partial charge < -0.3 is 0 Å². The molecule has 0 spiro atoms. The molecule has 0 radical (unpaired) electrons. The molecule has 2 atom stereocenters. The molecule has 18 heavy (non-hydrogen) atoms. The van der Waals surface area contributed by atoms with E-state index in [4.69, 9.17) is 0 Å². The Morgan fingerprint density at radius 1 is 1.22 bits per heavy atom. The lowest BCUT2D eigenvalue weighted by Crippen LogP contribution is -2.28. The van der Waals surface area contributed by atoms with Crippen molar-refractivity contribution in [1.82, 2.24) is 4.90 Å². The van der Waals surface area contributed by atoms with Crippen LogP contribution in [0.2, 0.25) is 0 Å². The van der Waals surface area contributed by atoms with Gasteiger partial charge in [-0.3, -0.25) is 9.69 Å². The molecule has 3 rings (SSSR count). The zero-order chi connectivity index (χ0) is 12.5. The lowest BCUT2D eigenvalue weighted by Gasteiger charge is -2.16. The summed E-state index contributed by atoms with van der Waals surface area (Å²) in [5.41, 5.74) is 2.00. The van der Waals surface area contributed by atoms with Crippen LogP contribution in [-0.2, 0) is 0 Å². The highest BCUT2D eigenvalue weighted by atomic mass is 16.1. The Morgan fingerprint density at radius 2 is 1.89 bits per heavy atom. The fourth-order valence-corrected chi connectivity index (χ4v) is 3.64. The number of hydrogen-bond donors (Lipinski definition) is 0. The monoisotopic (exact) mass is 243 g/mol. The second-order valence-electron chi connectivity index (χ2n) is 5.88. The number of fused-ring (bicyclic) bond motifs is 1. The molecule has 1 aliphatic carbocycles. The first-order chi connectivity index (χ1) is 8.74. The highest BCUT2D eigenvalue weighted by molar-refractivity contribution is 5.98. The predicted octanol–water partition coefficient (Wildman–Crippen LogP) is 2.91. The van der Waals surface area contributed by atoms with Gasteiger partial charge in [0.1, 0.15) is 0 Å². The van der Waals surface area contributed by atoms with Crippen molar-refractivity contribution in [2.24, 2.45) is 11.8 Å². The van der Waals surface area contributed by atoms with Crippen molar-refractivity contribution in [2.75, 3.05) is 19.6 Å². The van der Waals surface area contributed by atoms with Gasteiger partial charge in [0, 0.05) is 18.7 Å². The maximum absolute atomic E-state index is 12.3. The van der Waals surface area contributed by atoms with Crippen LogP contribution < -0.4 is 0 Å². The van der Waals surface area contributed by atoms with E-state index >= 15 is 0 Å². The van der Waals surface area contributed by atoms with Gasteiger partial charge in [0.2, 0.25) is 0 Å². The first kappa shape index (κ1) is 11.9. The molecule has 0 N–H and O–H groups in total. The van der Waals surface area contributed by atoms with Crippen LogP contribution in [0.15, 0.2) is 24.3 Å². The molecule has 2 fully saturated rings. The van der Waals surface area contributed by atoms with Crippen LogP contribution in [0.1, 0.15) is 35.2 Å². The average molecular weight is 243 g/mol. The van der Waals surface area contributed by atoms with Crippen molar-refractivity contribution in [1.29, 1.82) is 0 Å². The highest BCUT2D eigenvalue weighted by Gasteiger charge is 2.36. The second kappa shape index (κ2) is 4.85. The molecular weight excluding hydrogens is 222 g/mol. The highest BCUT2D eigenvalue weighted by Crippen LogP contribution is 2.37. The Labute approximate surface area is 109 Å². The molecule has 2 heteroatoms. The van der Waals surface area contributed by atoms with Crippen LogP contribution in [0.5, 0.6) is 0 Å². The van der Waals surface area contributed by atoms with E-state index in [1.165, 1.54) is 19.3 Å². The first-order valence-corrected chi connectivity index (χ1v) is 7.05. The number of rotatable bonds is 3. The number of likely N-dealkylation sites (tertiary alicyclic amines) is 1. The molecule has 1 saturated heterocycles. The van der Waals surface area contributed by atoms with Gasteiger partial charge in [-0.05, 0) is 37.2 Å². The fraction of sp³-hybridized carbons (Fsp3) is 0.562. The zero-order valence-electron chi connectivity index (χ0n) is 11.1. The summed E-state index contributed by atoms with van der Waals surface area (Å²) in [5, 5.41) is 0. The summed E-state index contributed by atoms with van der Waals surface area (Å²) in [6.45, 7) is 4.91. The van der Waals surface area contributed by atoms with Gasteiger partial charge in [0.05, 0.1) is 6.54 Å². The van der Waals surface area contributed by atoms with E-state index in [9.17, 15) is 4.79 Å². The topological polar surface area (TPSA) is 20.3 Å². The average Bonchev–Trinajstić information content (AvgIpc) is 2.90. The number of ketones is 1. The van der Waals surface area contributed by atoms with Crippen molar-refractivity contribution in [3.8, 4) is 0 Å². The SMILES string of the molecule is Cc1ccccc1C(=O)CN1CC2CCCC2C1. The minimum Gasteiger partial charge on any atom is -0.295 e. The first-order valence-electron chi connectivity index (χ1n) is 7.05. The molecule has 0 aromatic heterocycles. The molecule has 1 heterocycles. The molecule has 0 bridgehead atoms. The van der Waals surface area contributed by atoms with Crippen LogP contribution in [0, 0.1) is 18.8 Å². The summed E-state index contributed by atoms with van der Waals surface area (Å²) in [5.74, 6) is 2.03. The van der Waals surface area contributed by atoms with Gasteiger partial charge in [0.15, 0.2) is 5.78 Å². The zero-order valence-corrected chi connectivity index (χ0v) is 11.1. The second-order valence-corrected chi connectivity index (χ2v) is 5.88. The van der Waals surface area contributed by atoms with E-state index in [1.807, 2.05) is 31.2 Å². The van der Waals surface area contributed by atoms with Crippen LogP contribution in [0.25, 0.3) is 0 Å². The van der Waals surface area contributed by atoms with Crippen LogP contribution in [-0.4, -0.2) is 30.3 Å². The summed E-state index contributed by atoms with van der Waals surface area (Å²) in [6, 6.07) is 7.92. The molecule has 2 nitrogen and oxygen atoms in total. The van der Waals surface area contributed by atoms with Gasteiger partial charge in [-0.1, -0.05) is 30.7 Å². The number of hydrogen-bond acceptors (Lipinski definition) is 2. The Morgan fingerprint density at radius 3 is 2.56 bits per heavy atom. The summed E-state index contributed by atoms with van der Waals surface area (Å²) >= 11 is 0. The standard InChI is InChI=1S/C16H21NO/c1-12-5-2-3-8-15(12)16(18)11-17-9-13-6-4-7-14(13)10-17/h2-3,5,8,13-14H,4,6-7,9-11H2,1H3. The van der Waals surface area contributed by atoms with Gasteiger partial charge in [-0.15, -0.1) is 0 Å². The summed E-state index contributed by atoms with van der Waals surface area (Å²) < 4.78 is 0. The molecule has 96 valence electrons. The summed E-state index contributed by atoms with van der Waals surface area (Å²) in [6.07, 6.45) is 4.15. The lowest BCUT2D eigenvalue weighted by molar-refractivity contribution is 0.0940. The van der Waals surface area contributed by atoms with E-state index in [1.54, 1.807) is 0 Å². The van der Waals surface area contributed by atoms with Gasteiger partial charge in [-0.2, -0.15) is 0 Å². The van der Waals surface area contributed by atoms with Gasteiger partial charge >= 0.3 is 0 Å². The number of carbonyl (C=O) groups excluding carboxylic acids is 1. The molecule has 0 amide bonds. The van der Waals surface area contributed by atoms with E-state index in [2.05, 4.69) is 4.90 Å². The maximum Gasteiger partial charge on any atom is 0.177 e. The number of carbonyl (C=O) groups is 1. The molecule has 2 unspecified atom stereocenters. The quantitative estimate of drug-likeness (QED) is 0.761. The molecule has 1 aliphatic heterocycles. The normalized spacial score (nSPS) is 27.4. The van der Waals surface area contributed by atoms with E-state index in [-0.39, 0.29) is 5.78 Å². The Kier molecular flexibility index (Phi) is 3.21. The number of benzene rings is 1. The molecular formula is C16H21NO. The Bertz CT molecular complexity index is 442. The smallest absolute Gasteiger partial charge is 0.177 e. The third-order valence-corrected chi connectivity index (χ3v) is 4.61. The van der Waals surface area contributed by atoms with Crippen molar-refractivity contribution >= 4 is 5.78 Å². The molecule has 1 saturated carbocycles. The largest absolute Gasteiger partial charge is 0.295 e. The minimum absolute atomic E-state index is 0.285. The third-order valence-electron chi connectivity index (χ3n) is 4.61. The van der Waals surface area contributed by atoms with E-state index in [0.717, 1.165) is 36.1 Å². The summed E-state index contributed by atoms with van der Waals surface area (Å²) in [7, 11) is 0. The van der Waals surface area contributed by atoms with E-state index < -0.39 is 0 Å². The minimum atomic E-state index is 0.285. The maximum atomic E-state index is 12.3. The fourth-order valence-electron chi connectivity index (χ4n) is 3.64. The number of Topliss-reactive ketones (excluding diaryl/α,β-unsaturated/α-hetero) is 1. The summed E-state index contributed by atoms with van der Waals surface area (Å²) in [4.78, 5) is 14.7. The number of nitrogens with zero attached hydrogens (tertiary/aromatic N) is 1. The molecule has 2 aliphatic rings. The number of aryl methyl sites for hydroxylation is 1. The Balaban J connectivity index is 1.64. The van der Waals surface area contributed by atoms with Crippen molar-refractivity contribution in [3.63, 3.8) is 0 Å². The third kappa shape index (κ3) is 2.22. The van der Waals surface area contributed by atoms with Crippen LogP contribution in [0.3, 0.4) is 0 Å². The Hall–Kier alpha value is -1.15. The molecule has 1 aromatic carbocycles.